The fourth-order valence-electron chi connectivity index (χ4n) is 5.54. The third-order valence-corrected chi connectivity index (χ3v) is 10.3. The molecule has 0 radical (unpaired) electrons. The molecule has 0 saturated heterocycles. The van der Waals surface area contributed by atoms with Gasteiger partial charge in [0.15, 0.2) is 11.5 Å². The Kier molecular flexibility index (Phi) is 19.1. The van der Waals surface area contributed by atoms with E-state index in [1.54, 1.807) is 0 Å². The summed E-state index contributed by atoms with van der Waals surface area (Å²) in [4.78, 5) is 44.5. The predicted octanol–water partition coefficient (Wildman–Crippen LogP) is 14.1. The zero-order valence-corrected chi connectivity index (χ0v) is 37.5. The number of carbonyl (C=O) groups excluding carboxylic acids is 2. The van der Waals surface area contributed by atoms with Gasteiger partial charge >= 0.3 is 119 Å². The first kappa shape index (κ1) is 71.5. The molecule has 0 aliphatic heterocycles. The zero-order chi connectivity index (χ0) is 65.1. The Balaban J connectivity index is 2.19. The van der Waals surface area contributed by atoms with Crippen molar-refractivity contribution in [3.8, 4) is 11.5 Å². The summed E-state index contributed by atoms with van der Waals surface area (Å²) in [6.45, 7) is -7.16. The van der Waals surface area contributed by atoms with Crippen LogP contribution in [-0.4, -0.2) is 143 Å². The Morgan fingerprint density at radius 2 is 0.561 bits per heavy atom. The van der Waals surface area contributed by atoms with Crippen molar-refractivity contribution in [1.29, 1.82) is 0 Å². The number of benzene rings is 2. The van der Waals surface area contributed by atoms with Crippen LogP contribution in [0.1, 0.15) is 33.6 Å². The highest BCUT2D eigenvalue weighted by atomic mass is 19.4. The van der Waals surface area contributed by atoms with Crippen molar-refractivity contribution in [1.82, 2.24) is 0 Å². The Morgan fingerprint density at radius 3 is 0.780 bits per heavy atom. The Bertz CT molecular complexity index is 2510. The van der Waals surface area contributed by atoms with E-state index in [4.69, 9.17) is 0 Å². The number of ether oxygens (including phenoxy) is 4. The van der Waals surface area contributed by atoms with Crippen molar-refractivity contribution in [3.63, 3.8) is 0 Å². The fourth-order valence-corrected chi connectivity index (χ4v) is 5.54. The number of hydrogen-bond donors (Lipinski definition) is 0. The molecule has 0 aromatic heterocycles. The number of nitrogens with zero attached hydrogens (tertiary/aromatic N) is 2. The number of nitro benzene ring substituents is 2. The molecule has 0 aliphatic rings. The fraction of sp³-hybridized carbons (Fsp3) is 0.611. The minimum Gasteiger partial charge on any atom is -0.487 e. The molecule has 0 saturated carbocycles. The molecule has 0 aliphatic carbocycles. The van der Waals surface area contributed by atoms with Crippen LogP contribution in [-0.2, 0) is 9.47 Å². The zero-order valence-electron chi connectivity index (χ0n) is 37.5. The number of rotatable bonds is 27. The van der Waals surface area contributed by atoms with Gasteiger partial charge in [0, 0.05) is 12.1 Å². The highest BCUT2D eigenvalue weighted by molar-refractivity contribution is 5.91. The smallest absolute Gasteiger partial charge is 0.460 e. The molecule has 0 bridgehead atoms. The van der Waals surface area contributed by atoms with Gasteiger partial charge in [0.1, 0.15) is 13.2 Å². The number of esters is 2. The summed E-state index contributed by atoms with van der Waals surface area (Å²) in [7, 11) is 0. The van der Waals surface area contributed by atoms with Crippen LogP contribution in [0.25, 0.3) is 0 Å². The molecule has 0 spiro atoms. The molecular weight excluding hydrogens is 1270 g/mol. The van der Waals surface area contributed by atoms with E-state index < -0.39 is 190 Å². The van der Waals surface area contributed by atoms with Crippen molar-refractivity contribution < 1.29 is 188 Å². The van der Waals surface area contributed by atoms with Gasteiger partial charge in [-0.2, -0.15) is 149 Å². The normalized spacial score (nSPS) is 14.8. The molecule has 0 fully saturated rings. The Labute approximate surface area is 425 Å². The lowest BCUT2D eigenvalue weighted by molar-refractivity contribution is -0.461. The number of alkyl halides is 34. The monoisotopic (exact) mass is 1280 g/mol. The predicted molar refractivity (Wildman–Crippen MR) is 188 cm³/mol. The molecular formula is C36H18F34N2O10. The molecule has 0 atom stereocenters. The molecule has 2 aromatic rings. The van der Waals surface area contributed by atoms with Crippen LogP contribution >= 0.6 is 0 Å². The van der Waals surface area contributed by atoms with Crippen molar-refractivity contribution in [2.24, 2.45) is 0 Å². The first-order chi connectivity index (χ1) is 36.1. The Hall–Kier alpha value is -6.60. The lowest BCUT2D eigenvalue weighted by atomic mass is 9.88. The largest absolute Gasteiger partial charge is 0.487 e. The minimum atomic E-state index is -8.93. The van der Waals surface area contributed by atoms with Crippen LogP contribution in [0.5, 0.6) is 11.5 Å². The number of carbonyl (C=O) groups is 2. The summed E-state index contributed by atoms with van der Waals surface area (Å²) < 4.78 is 477. The molecule has 0 unspecified atom stereocenters. The van der Waals surface area contributed by atoms with Crippen molar-refractivity contribution >= 4 is 23.3 Å². The van der Waals surface area contributed by atoms with E-state index in [9.17, 15) is 179 Å². The van der Waals surface area contributed by atoms with Gasteiger partial charge in [0.25, 0.3) is 0 Å². The van der Waals surface area contributed by atoms with Gasteiger partial charge in [0.05, 0.1) is 47.0 Å². The van der Waals surface area contributed by atoms with Crippen LogP contribution in [0.2, 0.25) is 0 Å². The number of nitro groups is 2. The van der Waals surface area contributed by atoms with Gasteiger partial charge in [0.2, 0.25) is 0 Å². The molecule has 46 heteroatoms. The summed E-state index contributed by atoms with van der Waals surface area (Å²) in [5, 5.41) is 23.0. The molecule has 12 nitrogen and oxygen atoms in total. The SMILES string of the molecule is O=C(OCCOC(=O)c1ccc(OCCC(F)(F)C(F)(F)C(F)(F)C(F)(F)C(F)(F)C(F)(F)C(F)(F)C(F)(F)F)c([N+](=O)[O-])c1)c1ccc(OCCC(F)(F)C(F)(F)C(F)(F)C(F)(F)C(F)(F)C(F)(F)C(F)(F)C(F)(F)F)c([N+](=O)[O-])c1. The van der Waals surface area contributed by atoms with Crippen LogP contribution in [0, 0.1) is 20.2 Å². The second-order valence-corrected chi connectivity index (χ2v) is 15.6. The third-order valence-electron chi connectivity index (χ3n) is 10.3. The van der Waals surface area contributed by atoms with Gasteiger partial charge < -0.3 is 18.9 Å². The number of halogens is 34. The molecule has 0 N–H and O–H groups in total. The van der Waals surface area contributed by atoms with Gasteiger partial charge in [-0.1, -0.05) is 0 Å². The first-order valence-electron chi connectivity index (χ1n) is 19.7. The van der Waals surface area contributed by atoms with E-state index in [-0.39, 0.29) is 24.3 Å². The average molecular weight is 1280 g/mol. The lowest BCUT2D eigenvalue weighted by Crippen LogP contribution is -2.74. The highest BCUT2D eigenvalue weighted by Gasteiger charge is 2.97. The molecule has 0 amide bonds. The maximum absolute atomic E-state index is 14.3. The van der Waals surface area contributed by atoms with E-state index in [2.05, 4.69) is 18.9 Å². The standard InChI is InChI=1S/C36H18F34N2O10/c37-21(38,23(41,42)25(45,46)27(49,50)29(53,54)31(57,58)33(61,62)35(65,66)67)5-7-79-17-3-1-13(11-15(17)71(75)76)19(73)81-9-10-82-20(74)14-2-4-18(16(12-14)72(77)78)80-8-6-22(39,40)24(43,44)26(47,48)28(51,52)30(55,56)32(59,60)34(63,64)36(68,69)70/h1-4,11-12H,5-10H2. The van der Waals surface area contributed by atoms with E-state index in [1.807, 2.05) is 0 Å². The van der Waals surface area contributed by atoms with Gasteiger partial charge in [-0.3, -0.25) is 20.2 Å². The minimum absolute atomic E-state index is 0.0241. The topological polar surface area (TPSA) is 157 Å². The summed E-state index contributed by atoms with van der Waals surface area (Å²) in [5.74, 6) is -124. The van der Waals surface area contributed by atoms with Gasteiger partial charge in [-0.15, -0.1) is 0 Å². The van der Waals surface area contributed by atoms with Gasteiger partial charge in [-0.05, 0) is 24.3 Å². The van der Waals surface area contributed by atoms with E-state index in [0.29, 0.717) is 12.1 Å². The summed E-state index contributed by atoms with van der Waals surface area (Å²) in [6.07, 6.45) is -22.4. The first-order valence-corrected chi connectivity index (χ1v) is 19.7. The second-order valence-electron chi connectivity index (χ2n) is 15.6. The second kappa shape index (κ2) is 21.9. The van der Waals surface area contributed by atoms with Crippen LogP contribution in [0.3, 0.4) is 0 Å². The third kappa shape index (κ3) is 11.6. The summed E-state index contributed by atoms with van der Waals surface area (Å²) >= 11 is 0. The number of hydrogen-bond acceptors (Lipinski definition) is 10. The molecule has 470 valence electrons. The van der Waals surface area contributed by atoms with Gasteiger partial charge in [-0.25, -0.2) is 9.59 Å². The van der Waals surface area contributed by atoms with Crippen molar-refractivity contribution in [3.05, 3.63) is 67.8 Å². The van der Waals surface area contributed by atoms with E-state index >= 15 is 0 Å². The van der Waals surface area contributed by atoms with Crippen LogP contribution < -0.4 is 9.47 Å². The molecule has 82 heavy (non-hydrogen) atoms. The van der Waals surface area contributed by atoms with Crippen molar-refractivity contribution in [2.45, 2.75) is 108 Å². The maximum atomic E-state index is 14.3. The quantitative estimate of drug-likeness (QED) is 0.0277. The molecule has 2 aromatic carbocycles. The van der Waals surface area contributed by atoms with Crippen molar-refractivity contribution in [2.75, 3.05) is 26.4 Å². The van der Waals surface area contributed by atoms with E-state index in [0.717, 1.165) is 0 Å². The molecule has 2 rings (SSSR count). The highest BCUT2D eigenvalue weighted by Crippen LogP contribution is 2.66. The maximum Gasteiger partial charge on any atom is 0.460 e. The lowest BCUT2D eigenvalue weighted by Gasteiger charge is -2.42. The van der Waals surface area contributed by atoms with E-state index in [1.165, 1.54) is 0 Å². The van der Waals surface area contributed by atoms with Crippen LogP contribution in [0.4, 0.5) is 161 Å². The average Bonchev–Trinajstić information content (AvgIpc) is 3.31. The summed E-state index contributed by atoms with van der Waals surface area (Å²) in [5.41, 5.74) is -5.42. The van der Waals surface area contributed by atoms with Crippen LogP contribution in [0.15, 0.2) is 36.4 Å². The summed E-state index contributed by atoms with van der Waals surface area (Å²) in [6, 6.07) is 0.937. The Morgan fingerprint density at radius 1 is 0.341 bits per heavy atom. The molecule has 0 heterocycles.